The maximum atomic E-state index is 12.5. The minimum absolute atomic E-state index is 0.0571. The van der Waals surface area contributed by atoms with Crippen LogP contribution in [0.25, 0.3) is 0 Å². The Morgan fingerprint density at radius 3 is 2.52 bits per heavy atom. The molecule has 0 aliphatic carbocycles. The van der Waals surface area contributed by atoms with Crippen molar-refractivity contribution in [3.63, 3.8) is 0 Å². The second kappa shape index (κ2) is 8.09. The van der Waals surface area contributed by atoms with Gasteiger partial charge in [-0.2, -0.15) is 0 Å². The fraction of sp³-hybridized carbons (Fsp3) is 0.278. The smallest absolute Gasteiger partial charge is 0.285 e. The topological polar surface area (TPSA) is 75.5 Å². The van der Waals surface area contributed by atoms with E-state index in [2.05, 4.69) is 5.32 Å². The number of likely N-dealkylation sites (N-methyl/N-ethyl adjacent to an activating group) is 1. The number of nitrogens with zero attached hydrogens (tertiary/aromatic N) is 2. The summed E-state index contributed by atoms with van der Waals surface area (Å²) in [5.74, 6) is -0.477. The van der Waals surface area contributed by atoms with Gasteiger partial charge in [-0.15, -0.1) is 0 Å². The van der Waals surface area contributed by atoms with Crippen LogP contribution in [0.3, 0.4) is 0 Å². The number of nitro groups is 1. The van der Waals surface area contributed by atoms with E-state index in [9.17, 15) is 14.9 Å². The average Bonchev–Trinajstić information content (AvgIpc) is 2.55. The molecule has 0 spiro atoms. The minimum Gasteiger partial charge on any atom is -0.350 e. The van der Waals surface area contributed by atoms with Gasteiger partial charge in [-0.3, -0.25) is 14.9 Å². The molecule has 7 heteroatoms. The molecular formula is C18H20ClN3O3. The van der Waals surface area contributed by atoms with Gasteiger partial charge in [0.2, 0.25) is 0 Å². The number of hydrogen-bond acceptors (Lipinski definition) is 4. The van der Waals surface area contributed by atoms with E-state index in [-0.39, 0.29) is 23.8 Å². The van der Waals surface area contributed by atoms with E-state index in [1.54, 1.807) is 25.1 Å². The van der Waals surface area contributed by atoms with E-state index in [0.717, 1.165) is 5.56 Å². The highest BCUT2D eigenvalue weighted by Gasteiger charge is 2.24. The zero-order valence-corrected chi connectivity index (χ0v) is 15.1. The predicted molar refractivity (Wildman–Crippen MR) is 98.0 cm³/mol. The highest BCUT2D eigenvalue weighted by Crippen LogP contribution is 2.26. The first-order chi connectivity index (χ1) is 11.8. The molecular weight excluding hydrogens is 342 g/mol. The molecule has 0 unspecified atom stereocenters. The zero-order valence-electron chi connectivity index (χ0n) is 14.3. The second-order valence-corrected chi connectivity index (χ2v) is 6.35. The van der Waals surface area contributed by atoms with Crippen molar-refractivity contribution in [1.29, 1.82) is 0 Å². The molecule has 1 N–H and O–H groups in total. The molecule has 0 aliphatic heterocycles. The maximum Gasteiger partial charge on any atom is 0.285 e. The van der Waals surface area contributed by atoms with Crippen LogP contribution in [0.2, 0.25) is 5.02 Å². The van der Waals surface area contributed by atoms with Crippen molar-refractivity contribution in [3.8, 4) is 0 Å². The maximum absolute atomic E-state index is 12.5. The number of rotatable bonds is 6. The molecule has 0 radical (unpaired) electrons. The van der Waals surface area contributed by atoms with Crippen molar-refractivity contribution in [2.45, 2.75) is 13.0 Å². The molecule has 0 fully saturated rings. The molecule has 25 heavy (non-hydrogen) atoms. The van der Waals surface area contributed by atoms with E-state index >= 15 is 0 Å². The fourth-order valence-corrected chi connectivity index (χ4v) is 2.95. The average molecular weight is 362 g/mol. The molecule has 1 atom stereocenters. The van der Waals surface area contributed by atoms with Gasteiger partial charge in [0, 0.05) is 17.1 Å². The molecule has 2 aromatic carbocycles. The molecule has 0 saturated heterocycles. The molecule has 1 amide bonds. The third kappa shape index (κ3) is 4.35. The van der Waals surface area contributed by atoms with Crippen LogP contribution in [0.1, 0.15) is 27.5 Å². The highest BCUT2D eigenvalue weighted by molar-refractivity contribution is 6.31. The molecule has 0 heterocycles. The molecule has 2 rings (SSSR count). The first-order valence-corrected chi connectivity index (χ1v) is 8.13. The van der Waals surface area contributed by atoms with Gasteiger partial charge in [-0.1, -0.05) is 41.9 Å². The summed E-state index contributed by atoms with van der Waals surface area (Å²) >= 11 is 6.25. The van der Waals surface area contributed by atoms with E-state index in [1.165, 1.54) is 6.07 Å². The van der Waals surface area contributed by atoms with Crippen LogP contribution in [-0.2, 0) is 0 Å². The van der Waals surface area contributed by atoms with Crippen LogP contribution in [-0.4, -0.2) is 36.4 Å². The van der Waals surface area contributed by atoms with E-state index in [0.29, 0.717) is 10.6 Å². The quantitative estimate of drug-likeness (QED) is 0.630. The Labute approximate surface area is 151 Å². The Morgan fingerprint density at radius 2 is 1.92 bits per heavy atom. The molecule has 0 bridgehead atoms. The van der Waals surface area contributed by atoms with Crippen LogP contribution in [0.5, 0.6) is 0 Å². The third-order valence-corrected chi connectivity index (χ3v) is 4.35. The number of benzene rings is 2. The van der Waals surface area contributed by atoms with Crippen molar-refractivity contribution in [3.05, 3.63) is 74.3 Å². The van der Waals surface area contributed by atoms with Crippen molar-refractivity contribution in [1.82, 2.24) is 10.2 Å². The van der Waals surface area contributed by atoms with Crippen LogP contribution < -0.4 is 5.32 Å². The SMILES string of the molecule is Cc1cccc(C(=O)NC[C@@H](c2ccccc2Cl)N(C)C)c1[N+](=O)[O-]. The molecule has 0 aliphatic rings. The lowest BCUT2D eigenvalue weighted by Gasteiger charge is -2.26. The Kier molecular flexibility index (Phi) is 6.12. The number of amides is 1. The highest BCUT2D eigenvalue weighted by atomic mass is 35.5. The van der Waals surface area contributed by atoms with Gasteiger partial charge in [0.25, 0.3) is 11.6 Å². The third-order valence-electron chi connectivity index (χ3n) is 4.01. The number of para-hydroxylation sites is 1. The van der Waals surface area contributed by atoms with Gasteiger partial charge in [-0.05, 0) is 38.7 Å². The number of aryl methyl sites for hydroxylation is 1. The number of carbonyl (C=O) groups excluding carboxylic acids is 1. The summed E-state index contributed by atoms with van der Waals surface area (Å²) in [7, 11) is 3.77. The van der Waals surface area contributed by atoms with Gasteiger partial charge in [0.1, 0.15) is 5.56 Å². The Bertz CT molecular complexity index is 793. The van der Waals surface area contributed by atoms with Crippen molar-refractivity contribution in [2.75, 3.05) is 20.6 Å². The number of halogens is 1. The van der Waals surface area contributed by atoms with Gasteiger partial charge >= 0.3 is 0 Å². The lowest BCUT2D eigenvalue weighted by Crippen LogP contribution is -2.35. The summed E-state index contributed by atoms with van der Waals surface area (Å²) < 4.78 is 0. The number of carbonyl (C=O) groups is 1. The Hall–Kier alpha value is -2.44. The minimum atomic E-state index is -0.526. The predicted octanol–water partition coefficient (Wildman–Crippen LogP) is 3.59. The fourth-order valence-electron chi connectivity index (χ4n) is 2.69. The molecule has 0 aromatic heterocycles. The van der Waals surface area contributed by atoms with Crippen LogP contribution in [0.4, 0.5) is 5.69 Å². The molecule has 0 saturated carbocycles. The summed E-state index contributed by atoms with van der Waals surface area (Å²) in [6.07, 6.45) is 0. The monoisotopic (exact) mass is 361 g/mol. The van der Waals surface area contributed by atoms with Gasteiger partial charge in [0.15, 0.2) is 0 Å². The molecule has 132 valence electrons. The lowest BCUT2D eigenvalue weighted by atomic mass is 10.0. The van der Waals surface area contributed by atoms with Gasteiger partial charge in [-0.25, -0.2) is 0 Å². The van der Waals surface area contributed by atoms with E-state index in [4.69, 9.17) is 11.6 Å². The largest absolute Gasteiger partial charge is 0.350 e. The Balaban J connectivity index is 2.22. The summed E-state index contributed by atoms with van der Waals surface area (Å²) in [5, 5.41) is 14.7. The van der Waals surface area contributed by atoms with Crippen molar-refractivity contribution in [2.24, 2.45) is 0 Å². The first-order valence-electron chi connectivity index (χ1n) is 7.76. The summed E-state index contributed by atoms with van der Waals surface area (Å²) in [4.78, 5) is 25.2. The van der Waals surface area contributed by atoms with Crippen molar-refractivity contribution >= 4 is 23.2 Å². The number of nitrogens with one attached hydrogen (secondary N) is 1. The van der Waals surface area contributed by atoms with Crippen molar-refractivity contribution < 1.29 is 9.72 Å². The van der Waals surface area contributed by atoms with E-state index < -0.39 is 10.8 Å². The van der Waals surface area contributed by atoms with Gasteiger partial charge in [0.05, 0.1) is 11.0 Å². The summed E-state index contributed by atoms with van der Waals surface area (Å²) in [6.45, 7) is 1.89. The molecule has 6 nitrogen and oxygen atoms in total. The summed E-state index contributed by atoms with van der Waals surface area (Å²) in [5.41, 5.74) is 1.22. The zero-order chi connectivity index (χ0) is 18.6. The second-order valence-electron chi connectivity index (χ2n) is 5.94. The molecule has 2 aromatic rings. The number of hydrogen-bond donors (Lipinski definition) is 1. The normalized spacial score (nSPS) is 12.0. The Morgan fingerprint density at radius 1 is 1.24 bits per heavy atom. The lowest BCUT2D eigenvalue weighted by molar-refractivity contribution is -0.385. The first kappa shape index (κ1) is 18.9. The standard InChI is InChI=1S/C18H20ClN3O3/c1-12-7-6-9-14(17(12)22(24)25)18(23)20-11-16(21(2)3)13-8-4-5-10-15(13)19/h4-10,16H,11H2,1-3H3,(H,20,23)/t16-/m0/s1. The number of nitro benzene ring substituents is 1. The summed E-state index contributed by atoms with van der Waals surface area (Å²) in [6, 6.07) is 12.0. The van der Waals surface area contributed by atoms with Crippen LogP contribution in [0, 0.1) is 17.0 Å². The van der Waals surface area contributed by atoms with Gasteiger partial charge < -0.3 is 10.2 Å². The van der Waals surface area contributed by atoms with Crippen LogP contribution >= 0.6 is 11.6 Å². The van der Waals surface area contributed by atoms with E-state index in [1.807, 2.05) is 37.2 Å². The van der Waals surface area contributed by atoms with Crippen LogP contribution in [0.15, 0.2) is 42.5 Å².